The standard InChI is InChI=1S/C14H25N3O2.ClH/c1-11(12-9-15-10-12)14(19)16-6-5-13(18)17-7-3-2-4-8-17;/h11-12,15H,2-10H2,1H3,(H,16,19);1H. The summed E-state index contributed by atoms with van der Waals surface area (Å²) >= 11 is 0. The summed E-state index contributed by atoms with van der Waals surface area (Å²) in [6.45, 7) is 6.07. The predicted molar refractivity (Wildman–Crippen MR) is 80.8 cm³/mol. The predicted octanol–water partition coefficient (Wildman–Crippen LogP) is 0.782. The number of rotatable bonds is 5. The quantitative estimate of drug-likeness (QED) is 0.789. The monoisotopic (exact) mass is 303 g/mol. The molecule has 2 N–H and O–H groups in total. The van der Waals surface area contributed by atoms with Gasteiger partial charge in [0.05, 0.1) is 0 Å². The molecule has 1 atom stereocenters. The summed E-state index contributed by atoms with van der Waals surface area (Å²) in [5, 5.41) is 6.06. The first-order chi connectivity index (χ1) is 9.18. The Morgan fingerprint density at radius 3 is 2.45 bits per heavy atom. The molecule has 0 bridgehead atoms. The lowest BCUT2D eigenvalue weighted by Crippen LogP contribution is -2.50. The van der Waals surface area contributed by atoms with Gasteiger partial charge in [0.1, 0.15) is 0 Å². The van der Waals surface area contributed by atoms with Crippen LogP contribution in [0.5, 0.6) is 0 Å². The molecule has 2 saturated heterocycles. The van der Waals surface area contributed by atoms with Crippen LogP contribution in [0.1, 0.15) is 32.6 Å². The minimum Gasteiger partial charge on any atom is -0.355 e. The molecule has 20 heavy (non-hydrogen) atoms. The van der Waals surface area contributed by atoms with Crippen molar-refractivity contribution in [1.82, 2.24) is 15.5 Å². The van der Waals surface area contributed by atoms with Crippen LogP contribution in [0.2, 0.25) is 0 Å². The van der Waals surface area contributed by atoms with E-state index in [-0.39, 0.29) is 30.1 Å². The normalized spacial score (nSPS) is 20.6. The Kier molecular flexibility index (Phi) is 7.30. The minimum atomic E-state index is 0. The number of carbonyl (C=O) groups excluding carboxylic acids is 2. The van der Waals surface area contributed by atoms with Gasteiger partial charge in [0.25, 0.3) is 0 Å². The molecule has 116 valence electrons. The molecule has 0 aromatic carbocycles. The maximum Gasteiger partial charge on any atom is 0.224 e. The molecule has 2 fully saturated rings. The second-order valence-electron chi connectivity index (χ2n) is 5.69. The van der Waals surface area contributed by atoms with Gasteiger partial charge in [-0.3, -0.25) is 9.59 Å². The van der Waals surface area contributed by atoms with Crippen LogP contribution in [0.15, 0.2) is 0 Å². The Morgan fingerprint density at radius 2 is 1.90 bits per heavy atom. The Morgan fingerprint density at radius 1 is 1.25 bits per heavy atom. The van der Waals surface area contributed by atoms with Crippen molar-refractivity contribution in [2.75, 3.05) is 32.7 Å². The van der Waals surface area contributed by atoms with Gasteiger partial charge in [-0.2, -0.15) is 0 Å². The van der Waals surface area contributed by atoms with E-state index in [1.165, 1.54) is 6.42 Å². The van der Waals surface area contributed by atoms with Gasteiger partial charge >= 0.3 is 0 Å². The molecule has 2 amide bonds. The first-order valence-electron chi connectivity index (χ1n) is 7.44. The SMILES string of the molecule is CC(C(=O)NCCC(=O)N1CCCCC1)C1CNC1.Cl. The van der Waals surface area contributed by atoms with Crippen LogP contribution in [-0.2, 0) is 9.59 Å². The van der Waals surface area contributed by atoms with Crippen molar-refractivity contribution in [1.29, 1.82) is 0 Å². The van der Waals surface area contributed by atoms with Crippen molar-refractivity contribution in [2.24, 2.45) is 11.8 Å². The molecule has 1 unspecified atom stereocenters. The Hall–Kier alpha value is -0.810. The summed E-state index contributed by atoms with van der Waals surface area (Å²) in [4.78, 5) is 25.7. The smallest absolute Gasteiger partial charge is 0.224 e. The molecule has 0 aliphatic carbocycles. The molecule has 2 rings (SSSR count). The average molecular weight is 304 g/mol. The summed E-state index contributed by atoms with van der Waals surface area (Å²) in [5.74, 6) is 0.764. The fraction of sp³-hybridized carbons (Fsp3) is 0.857. The zero-order valence-corrected chi connectivity index (χ0v) is 13.0. The molecule has 2 heterocycles. The Balaban J connectivity index is 0.00000200. The summed E-state index contributed by atoms with van der Waals surface area (Å²) < 4.78 is 0. The lowest BCUT2D eigenvalue weighted by molar-refractivity contribution is -0.132. The number of hydrogen-bond acceptors (Lipinski definition) is 3. The van der Waals surface area contributed by atoms with Crippen LogP contribution in [-0.4, -0.2) is 49.4 Å². The van der Waals surface area contributed by atoms with Gasteiger partial charge in [0, 0.05) is 32.0 Å². The van der Waals surface area contributed by atoms with E-state index in [4.69, 9.17) is 0 Å². The zero-order chi connectivity index (χ0) is 13.7. The van der Waals surface area contributed by atoms with Gasteiger partial charge in [-0.25, -0.2) is 0 Å². The van der Waals surface area contributed by atoms with Gasteiger partial charge in [0.2, 0.25) is 11.8 Å². The van der Waals surface area contributed by atoms with Crippen molar-refractivity contribution >= 4 is 24.2 Å². The maximum atomic E-state index is 11.9. The number of amides is 2. The molecule has 6 heteroatoms. The third kappa shape index (κ3) is 4.63. The van der Waals surface area contributed by atoms with Crippen LogP contribution in [0.25, 0.3) is 0 Å². The fourth-order valence-electron chi connectivity index (χ4n) is 2.63. The van der Waals surface area contributed by atoms with Crippen LogP contribution in [0.4, 0.5) is 0 Å². The van der Waals surface area contributed by atoms with Crippen molar-refractivity contribution in [3.63, 3.8) is 0 Å². The highest BCUT2D eigenvalue weighted by Gasteiger charge is 2.28. The summed E-state index contributed by atoms with van der Waals surface area (Å²) in [5.41, 5.74) is 0. The van der Waals surface area contributed by atoms with E-state index in [0.29, 0.717) is 18.9 Å². The van der Waals surface area contributed by atoms with E-state index in [1.807, 2.05) is 11.8 Å². The van der Waals surface area contributed by atoms with Crippen molar-refractivity contribution in [3.05, 3.63) is 0 Å². The van der Waals surface area contributed by atoms with Crippen molar-refractivity contribution < 1.29 is 9.59 Å². The maximum absolute atomic E-state index is 11.9. The molecule has 0 spiro atoms. The molecule has 2 aliphatic rings. The van der Waals surface area contributed by atoms with E-state index in [2.05, 4.69) is 10.6 Å². The van der Waals surface area contributed by atoms with Crippen LogP contribution in [0.3, 0.4) is 0 Å². The number of hydrogen-bond donors (Lipinski definition) is 2. The van der Waals surface area contributed by atoms with Gasteiger partial charge in [-0.05, 0) is 38.3 Å². The number of likely N-dealkylation sites (tertiary alicyclic amines) is 1. The highest BCUT2D eigenvalue weighted by molar-refractivity contribution is 5.85. The molecule has 0 aromatic rings. The van der Waals surface area contributed by atoms with E-state index in [9.17, 15) is 9.59 Å². The third-order valence-electron chi connectivity index (χ3n) is 4.28. The van der Waals surface area contributed by atoms with Crippen LogP contribution in [0, 0.1) is 11.8 Å². The fourth-order valence-corrected chi connectivity index (χ4v) is 2.63. The summed E-state index contributed by atoms with van der Waals surface area (Å²) in [7, 11) is 0. The second kappa shape index (κ2) is 8.47. The largest absolute Gasteiger partial charge is 0.355 e. The second-order valence-corrected chi connectivity index (χ2v) is 5.69. The average Bonchev–Trinajstić information content (AvgIpc) is 2.37. The molecule has 0 saturated carbocycles. The van der Waals surface area contributed by atoms with E-state index in [1.54, 1.807) is 0 Å². The minimum absolute atomic E-state index is 0. The molecule has 2 aliphatic heterocycles. The molecule has 0 radical (unpaired) electrons. The Bertz CT molecular complexity index is 314. The van der Waals surface area contributed by atoms with Gasteiger partial charge in [0.15, 0.2) is 0 Å². The number of nitrogens with zero attached hydrogens (tertiary/aromatic N) is 1. The number of piperidine rings is 1. The lowest BCUT2D eigenvalue weighted by Gasteiger charge is -2.31. The molecular formula is C14H26ClN3O2. The van der Waals surface area contributed by atoms with Gasteiger partial charge in [-0.1, -0.05) is 6.92 Å². The molecule has 0 aromatic heterocycles. The van der Waals surface area contributed by atoms with Crippen molar-refractivity contribution in [3.8, 4) is 0 Å². The number of halogens is 1. The first kappa shape index (κ1) is 17.2. The first-order valence-corrected chi connectivity index (χ1v) is 7.44. The Labute approximate surface area is 127 Å². The zero-order valence-electron chi connectivity index (χ0n) is 12.2. The van der Waals surface area contributed by atoms with Gasteiger partial charge < -0.3 is 15.5 Å². The lowest BCUT2D eigenvalue weighted by atomic mass is 9.88. The summed E-state index contributed by atoms with van der Waals surface area (Å²) in [6.07, 6.45) is 3.89. The van der Waals surface area contributed by atoms with Crippen LogP contribution < -0.4 is 10.6 Å². The van der Waals surface area contributed by atoms with Gasteiger partial charge in [-0.15, -0.1) is 12.4 Å². The highest BCUT2D eigenvalue weighted by Crippen LogP contribution is 2.15. The molecular weight excluding hydrogens is 278 g/mol. The third-order valence-corrected chi connectivity index (χ3v) is 4.28. The van der Waals surface area contributed by atoms with E-state index >= 15 is 0 Å². The van der Waals surface area contributed by atoms with E-state index < -0.39 is 0 Å². The number of nitrogens with one attached hydrogen (secondary N) is 2. The number of carbonyl (C=O) groups is 2. The van der Waals surface area contributed by atoms with E-state index in [0.717, 1.165) is 39.0 Å². The summed E-state index contributed by atoms with van der Waals surface area (Å²) in [6, 6.07) is 0. The van der Waals surface area contributed by atoms with Crippen molar-refractivity contribution in [2.45, 2.75) is 32.6 Å². The molecule has 5 nitrogen and oxygen atoms in total. The topological polar surface area (TPSA) is 61.4 Å². The van der Waals surface area contributed by atoms with Crippen LogP contribution >= 0.6 is 12.4 Å². The highest BCUT2D eigenvalue weighted by atomic mass is 35.5.